The maximum atomic E-state index is 12.6. The summed E-state index contributed by atoms with van der Waals surface area (Å²) in [5, 5.41) is 14.0. The Labute approximate surface area is 838 Å². The normalized spacial score (nSPS) is 11.9. The third-order valence-electron chi connectivity index (χ3n) is 20.0. The van der Waals surface area contributed by atoms with Crippen LogP contribution in [-0.2, 0) is 32.0 Å². The van der Waals surface area contributed by atoms with Gasteiger partial charge in [0.05, 0.1) is 23.0 Å². The van der Waals surface area contributed by atoms with Crippen LogP contribution < -0.4 is 0 Å². The van der Waals surface area contributed by atoms with Gasteiger partial charge in [-0.05, 0) is 146 Å². The summed E-state index contributed by atoms with van der Waals surface area (Å²) in [6.45, 7) is 7.12. The molecule has 0 aromatic heterocycles. The van der Waals surface area contributed by atoms with E-state index in [-0.39, 0.29) is 64.6 Å². The van der Waals surface area contributed by atoms with Crippen LogP contribution in [0.1, 0.15) is 104 Å². The zero-order chi connectivity index (χ0) is 97.9. The van der Waals surface area contributed by atoms with Crippen LogP contribution in [0.5, 0.6) is 0 Å². The third-order valence-corrected chi connectivity index (χ3v) is 23.3. The number of allylic oxidation sites excluding steroid dienone is 14. The average molecular weight is 2010 g/mol. The van der Waals surface area contributed by atoms with Crippen molar-refractivity contribution in [1.29, 1.82) is 0 Å². The Balaban J connectivity index is 0.000000177. The molecule has 669 valence electrons. The molecule has 14 nitrogen and oxygen atoms in total. The van der Waals surface area contributed by atoms with Crippen LogP contribution in [0.2, 0.25) is 0 Å². The predicted octanol–water partition coefficient (Wildman–Crippen LogP) is 22.5. The van der Waals surface area contributed by atoms with E-state index in [9.17, 15) is 73.1 Å². The molecular weight excluding hydrogens is 1930 g/mol. The molecule has 30 heteroatoms. The number of aryl methyl sites for hydroxylation is 1. The maximum absolute atomic E-state index is 12.6. The Morgan fingerprint density at radius 1 is 0.259 bits per heavy atom. The van der Waals surface area contributed by atoms with Crippen molar-refractivity contribution < 1.29 is 98.7 Å². The number of alkyl halides is 9. The van der Waals surface area contributed by atoms with Crippen molar-refractivity contribution in [3.8, 4) is 0 Å². The first-order chi connectivity index (χ1) is 64.5. The minimum atomic E-state index is -4.68. The summed E-state index contributed by atoms with van der Waals surface area (Å²) < 4.78 is 146. The molecule has 0 aliphatic rings. The molecule has 15 aromatic rings. The Morgan fingerprint density at radius 3 is 0.748 bits per heavy atom. The number of fused-ring (bicyclic) bond motifs is 7. The van der Waals surface area contributed by atoms with E-state index >= 15 is 0 Å². The van der Waals surface area contributed by atoms with Gasteiger partial charge in [-0.1, -0.05) is 237 Å². The Morgan fingerprint density at radius 2 is 0.489 bits per heavy atom. The zero-order valence-electron chi connectivity index (χ0n) is 73.4. The van der Waals surface area contributed by atoms with E-state index in [2.05, 4.69) is 10.4 Å². The number of benzene rings is 15. The van der Waals surface area contributed by atoms with E-state index in [4.69, 9.17) is 15.2 Å². The minimum absolute atomic E-state index is 0.0279. The van der Waals surface area contributed by atoms with Gasteiger partial charge in [0, 0.05) is 76.3 Å². The van der Waals surface area contributed by atoms with Crippen LogP contribution in [0.4, 0.5) is 39.5 Å². The van der Waals surface area contributed by atoms with Crippen LogP contribution in [0, 0.1) is 6.92 Å². The van der Waals surface area contributed by atoms with Gasteiger partial charge in [-0.2, -0.15) is 26.3 Å². The number of hydrogen-bond acceptors (Lipinski definition) is 14. The molecule has 135 heavy (non-hydrogen) atoms. The van der Waals surface area contributed by atoms with E-state index in [1.807, 2.05) is 256 Å². The first-order valence-corrected chi connectivity index (χ1v) is 46.0. The summed E-state index contributed by atoms with van der Waals surface area (Å²) >= 11 is 6.49. The Bertz CT molecular complexity index is 6660. The number of carbonyl (C=O) groups excluding carboxylic acids is 7. The number of halogens is 9. The quantitative estimate of drug-likeness (QED) is 0.0194. The van der Waals surface area contributed by atoms with Crippen molar-refractivity contribution in [3.05, 3.63) is 454 Å². The predicted molar refractivity (Wildman–Crippen MR) is 522 cm³/mol. The van der Waals surface area contributed by atoms with Crippen LogP contribution in [0.3, 0.4) is 0 Å². The molecule has 0 spiro atoms. The van der Waals surface area contributed by atoms with Gasteiger partial charge in [0.1, 0.15) is 0 Å². The standard InChI is InChI=1S/C20H16O2.C15H11F3O2.2C14H9F3O2.3C14H12O2.6Al.In.7H/c21-19(12-15-6-2-1-3-7-15)14-20(22)18-11-10-16-8-4-5-9-17(16)13-18;1-9-6-11(7-10-4-2-3-5-12(9)10)13(19)8-14(20)15(16,17)18;2*15-14(16,17)13(19)8-12(18)11-6-5-9-3-1-2-4-10(9)7-11;3*1-10(15)8-14(16)13-7-6-11-4-2-3-5-12(11)9-13;;;;;;;;;;;;;;/h1-11,13-14,21H,12H2;2-8,20H,1H3;2*1-8,19H;3*2-9,15H,1H3;;;;;;;;;;;;;;/q;;;;;;;7*+1;;;;;;;/p-7. The second kappa shape index (κ2) is 52.2. The fourth-order valence-corrected chi connectivity index (χ4v) is 14.7. The van der Waals surface area contributed by atoms with Crippen molar-refractivity contribution in [2.75, 3.05) is 0 Å². The average Bonchev–Trinajstić information content (AvgIpc) is 0.833. The Hall–Kier alpha value is -12.0. The van der Waals surface area contributed by atoms with Gasteiger partial charge in [0.2, 0.25) is 0 Å². The number of carbonyl (C=O) groups is 7. The molecule has 0 aliphatic carbocycles. The Kier molecular flexibility index (Phi) is 41.3. The van der Waals surface area contributed by atoms with Gasteiger partial charge in [0.25, 0.3) is 0 Å². The molecule has 0 atom stereocenters. The van der Waals surface area contributed by atoms with Crippen LogP contribution >= 0.6 is 0 Å². The SMILES string of the molecule is CC(=CC(=O)c1ccc2ccccc2c1)[O][AlH].CC(=CC(=O)c1ccc2ccccc2c1)[O][AlH].CC(=CC(=O)c1ccc2ccccc2c1)[O][AlH].Cc1cc(C(=O)C=C([O][AlH])C(F)(F)F)cc2ccccc12.O=C(C=C(Cc1ccccc1)[O][AlH])c1ccc2ccccc2c1.O=C(C=C([O][AlH])C(F)(F)F)c1ccc2ccccc2c1.O=C(C=C([O][InH])C(F)(F)F)c1ccc2ccccc2c1. The van der Waals surface area contributed by atoms with Gasteiger partial charge in [-0.15, -0.1) is 0 Å². The molecule has 0 unspecified atom stereocenters. The van der Waals surface area contributed by atoms with Crippen molar-refractivity contribution >= 4 is 240 Å². The molecule has 0 saturated carbocycles. The zero-order valence-corrected chi connectivity index (χ0v) is 85.9. The summed E-state index contributed by atoms with van der Waals surface area (Å²) in [5.74, 6) is -3.58. The molecule has 0 N–H and O–H groups in total. The van der Waals surface area contributed by atoms with Crippen molar-refractivity contribution in [2.24, 2.45) is 0 Å². The van der Waals surface area contributed by atoms with E-state index in [1.165, 1.54) is 96.9 Å². The van der Waals surface area contributed by atoms with Gasteiger partial charge < -0.3 is 22.7 Å². The second-order valence-electron chi connectivity index (χ2n) is 29.5. The molecule has 7 radical (unpaired) electrons. The van der Waals surface area contributed by atoms with Crippen LogP contribution in [0.25, 0.3) is 75.4 Å². The number of ketones is 7. The summed E-state index contributed by atoms with van der Waals surface area (Å²) in [7, 11) is 0. The summed E-state index contributed by atoms with van der Waals surface area (Å²) in [6.07, 6.45) is -5.79. The summed E-state index contributed by atoms with van der Waals surface area (Å²) in [6, 6.07) is 99.5. The van der Waals surface area contributed by atoms with Gasteiger partial charge in [0.15, 0.2) is 46.2 Å². The first-order valence-electron chi connectivity index (χ1n) is 40.9. The monoisotopic (exact) mass is 2010 g/mol. The molecule has 0 saturated heterocycles. The molecule has 0 amide bonds. The fraction of sp³-hybridized carbons (Fsp3) is 0.0762. The number of rotatable bonds is 23. The van der Waals surface area contributed by atoms with E-state index in [0.717, 1.165) is 86.5 Å². The van der Waals surface area contributed by atoms with Crippen molar-refractivity contribution in [1.82, 2.24) is 0 Å². The van der Waals surface area contributed by atoms with Crippen molar-refractivity contribution in [2.45, 2.75) is 52.6 Å². The van der Waals surface area contributed by atoms with Crippen LogP contribution in [0.15, 0.2) is 404 Å². The fourth-order valence-electron chi connectivity index (χ4n) is 13.0. The van der Waals surface area contributed by atoms with Gasteiger partial charge in [-0.25, -0.2) is 0 Å². The molecule has 15 rings (SSSR count). The topological polar surface area (TPSA) is 184 Å². The summed E-state index contributed by atoms with van der Waals surface area (Å²) in [5.41, 5.74) is 5.27. The van der Waals surface area contributed by atoms with Gasteiger partial charge in [-0.3, -0.25) is 28.8 Å². The van der Waals surface area contributed by atoms with E-state index in [1.54, 1.807) is 87.5 Å². The van der Waals surface area contributed by atoms with Crippen LogP contribution in [-0.4, -0.2) is 184 Å². The molecule has 0 heterocycles. The van der Waals surface area contributed by atoms with E-state index in [0.29, 0.717) is 103 Å². The molecule has 0 fully saturated rings. The first kappa shape index (κ1) is 107. The number of hydrogen-bond donors (Lipinski definition) is 0. The van der Waals surface area contributed by atoms with Crippen molar-refractivity contribution in [3.63, 3.8) is 0 Å². The third kappa shape index (κ3) is 32.9. The molecular formula is C105H81Al6F9InO14. The molecule has 0 aliphatic heterocycles. The van der Waals surface area contributed by atoms with E-state index < -0.39 is 53.2 Å². The second-order valence-corrected chi connectivity index (χ2v) is 32.1. The molecule has 0 bridgehead atoms. The van der Waals surface area contributed by atoms with Gasteiger partial charge >= 0.3 is 240 Å². The summed E-state index contributed by atoms with van der Waals surface area (Å²) in [4.78, 5) is 83.9. The molecule has 15 aromatic carbocycles.